The predicted octanol–water partition coefficient (Wildman–Crippen LogP) is 3.99. The Morgan fingerprint density at radius 3 is 2.52 bits per heavy atom. The van der Waals surface area contributed by atoms with Gasteiger partial charge in [-0.15, -0.1) is 0 Å². The van der Waals surface area contributed by atoms with Gasteiger partial charge < -0.3 is 14.4 Å². The molecule has 0 radical (unpaired) electrons. The molecule has 3 aromatic rings. The Morgan fingerprint density at radius 1 is 1.19 bits per heavy atom. The van der Waals surface area contributed by atoms with E-state index < -0.39 is 11.4 Å². The molecule has 1 heterocycles. The van der Waals surface area contributed by atoms with E-state index in [1.165, 1.54) is 12.1 Å². The molecule has 3 rings (SSSR count). The molecule has 0 spiro atoms. The van der Waals surface area contributed by atoms with E-state index in [1.54, 1.807) is 31.3 Å². The Bertz CT molecular complexity index is 1080. The molecule has 0 aliphatic heterocycles. The van der Waals surface area contributed by atoms with E-state index in [0.717, 1.165) is 5.56 Å². The molecule has 0 saturated heterocycles. The summed E-state index contributed by atoms with van der Waals surface area (Å²) in [4.78, 5) is 26.7. The van der Waals surface area contributed by atoms with Gasteiger partial charge in [0.25, 0.3) is 0 Å². The van der Waals surface area contributed by atoms with Crippen molar-refractivity contribution >= 4 is 16.8 Å². The minimum Gasteiger partial charge on any atom is -0.507 e. The Balaban J connectivity index is 2.38. The molecule has 0 saturated carbocycles. The fourth-order valence-electron chi connectivity index (χ4n) is 3.00. The summed E-state index contributed by atoms with van der Waals surface area (Å²) in [7, 11) is 3.58. The molecule has 0 aliphatic rings. The molecule has 0 fully saturated rings. The highest BCUT2D eigenvalue weighted by Crippen LogP contribution is 2.36. The Hall–Kier alpha value is -3.34. The molecule has 1 aromatic heterocycles. The molecule has 138 valence electrons. The fraction of sp³-hybridized carbons (Fsp3) is 0.182. The first-order chi connectivity index (χ1) is 12.9. The number of allylic oxidation sites excluding steroid dienone is 1. The number of benzene rings is 2. The summed E-state index contributed by atoms with van der Waals surface area (Å²) >= 11 is 0. The fourth-order valence-corrected chi connectivity index (χ4v) is 3.00. The lowest BCUT2D eigenvalue weighted by molar-refractivity contribution is 0.104. The second-order valence-corrected chi connectivity index (χ2v) is 6.48. The SMILES string of the molecule is CCc1cc2c(-c3ccccc3)cc(=O)oc2c(C(=O)C=CN(C)C)c1O. The minimum atomic E-state index is -0.573. The third-order valence-electron chi connectivity index (χ3n) is 4.32. The predicted molar refractivity (Wildman–Crippen MR) is 106 cm³/mol. The van der Waals surface area contributed by atoms with Crippen LogP contribution in [0.3, 0.4) is 0 Å². The molecular weight excluding hydrogens is 342 g/mol. The van der Waals surface area contributed by atoms with Gasteiger partial charge >= 0.3 is 5.63 Å². The zero-order valence-electron chi connectivity index (χ0n) is 15.5. The van der Waals surface area contributed by atoms with Gasteiger partial charge in [0.15, 0.2) is 11.4 Å². The lowest BCUT2D eigenvalue weighted by Gasteiger charge is -2.13. The summed E-state index contributed by atoms with van der Waals surface area (Å²) < 4.78 is 5.38. The summed E-state index contributed by atoms with van der Waals surface area (Å²) in [5.41, 5.74) is 1.67. The molecular formula is C22H21NO4. The van der Waals surface area contributed by atoms with Crippen LogP contribution in [0, 0.1) is 0 Å². The molecule has 5 nitrogen and oxygen atoms in total. The van der Waals surface area contributed by atoms with E-state index in [0.29, 0.717) is 22.9 Å². The number of carbonyl (C=O) groups is 1. The quantitative estimate of drug-likeness (QED) is 0.422. The smallest absolute Gasteiger partial charge is 0.336 e. The number of rotatable bonds is 5. The number of aryl methyl sites for hydroxylation is 1. The van der Waals surface area contributed by atoms with E-state index in [2.05, 4.69) is 0 Å². The van der Waals surface area contributed by atoms with Gasteiger partial charge in [-0.3, -0.25) is 4.79 Å². The van der Waals surface area contributed by atoms with Gasteiger partial charge in [0.05, 0.1) is 0 Å². The second-order valence-electron chi connectivity index (χ2n) is 6.48. The number of phenols is 1. The topological polar surface area (TPSA) is 70.8 Å². The monoisotopic (exact) mass is 363 g/mol. The average molecular weight is 363 g/mol. The number of carbonyl (C=O) groups excluding carboxylic acids is 1. The number of phenolic OH excluding ortho intramolecular Hbond substituents is 1. The maximum atomic E-state index is 12.8. The number of ketones is 1. The highest BCUT2D eigenvalue weighted by Gasteiger charge is 2.21. The van der Waals surface area contributed by atoms with Gasteiger partial charge in [-0.1, -0.05) is 37.3 Å². The van der Waals surface area contributed by atoms with Crippen LogP contribution in [0.1, 0.15) is 22.8 Å². The van der Waals surface area contributed by atoms with Crippen LogP contribution < -0.4 is 5.63 Å². The zero-order chi connectivity index (χ0) is 19.6. The first kappa shape index (κ1) is 18.5. The van der Waals surface area contributed by atoms with Crippen LogP contribution in [-0.4, -0.2) is 29.9 Å². The molecule has 27 heavy (non-hydrogen) atoms. The van der Waals surface area contributed by atoms with Crippen molar-refractivity contribution in [2.24, 2.45) is 0 Å². The maximum absolute atomic E-state index is 12.8. The van der Waals surface area contributed by atoms with Crippen LogP contribution in [0.4, 0.5) is 0 Å². The van der Waals surface area contributed by atoms with Crippen molar-refractivity contribution in [3.63, 3.8) is 0 Å². The van der Waals surface area contributed by atoms with Crippen molar-refractivity contribution in [1.82, 2.24) is 4.90 Å². The number of hydrogen-bond acceptors (Lipinski definition) is 5. The number of aromatic hydroxyl groups is 1. The minimum absolute atomic E-state index is 0.0114. The van der Waals surface area contributed by atoms with Crippen LogP contribution in [0.5, 0.6) is 5.75 Å². The normalized spacial score (nSPS) is 11.2. The van der Waals surface area contributed by atoms with Gasteiger partial charge in [0.1, 0.15) is 11.3 Å². The molecule has 0 amide bonds. The summed E-state index contributed by atoms with van der Waals surface area (Å²) in [5, 5.41) is 11.3. The third-order valence-corrected chi connectivity index (χ3v) is 4.32. The maximum Gasteiger partial charge on any atom is 0.336 e. The van der Waals surface area contributed by atoms with Crippen molar-refractivity contribution in [2.75, 3.05) is 14.1 Å². The lowest BCUT2D eigenvalue weighted by Crippen LogP contribution is -2.07. The van der Waals surface area contributed by atoms with Gasteiger partial charge in [-0.2, -0.15) is 0 Å². The zero-order valence-corrected chi connectivity index (χ0v) is 15.5. The van der Waals surface area contributed by atoms with E-state index in [9.17, 15) is 14.7 Å². The molecule has 5 heteroatoms. The molecule has 0 atom stereocenters. The standard InChI is InChI=1S/C22H21NO4/c1-4-14-12-17-16(15-8-6-5-7-9-15)13-19(25)27-22(17)20(21(14)26)18(24)10-11-23(2)3/h5-13,26H,4H2,1-3H3. The van der Waals surface area contributed by atoms with Crippen molar-refractivity contribution in [3.05, 3.63) is 76.3 Å². The number of nitrogens with zero attached hydrogens (tertiary/aromatic N) is 1. The average Bonchev–Trinajstić information content (AvgIpc) is 2.65. The molecule has 0 bridgehead atoms. The van der Waals surface area contributed by atoms with Crippen molar-refractivity contribution in [1.29, 1.82) is 0 Å². The van der Waals surface area contributed by atoms with E-state index >= 15 is 0 Å². The van der Waals surface area contributed by atoms with Gasteiger partial charge in [0, 0.05) is 37.8 Å². The van der Waals surface area contributed by atoms with Crippen LogP contribution in [0.25, 0.3) is 22.1 Å². The van der Waals surface area contributed by atoms with Crippen LogP contribution in [0.15, 0.2) is 64.0 Å². The van der Waals surface area contributed by atoms with Crippen molar-refractivity contribution in [3.8, 4) is 16.9 Å². The number of fused-ring (bicyclic) bond motifs is 1. The van der Waals surface area contributed by atoms with Gasteiger partial charge in [-0.25, -0.2) is 4.79 Å². The largest absolute Gasteiger partial charge is 0.507 e. The van der Waals surface area contributed by atoms with E-state index in [1.807, 2.05) is 37.3 Å². The highest BCUT2D eigenvalue weighted by molar-refractivity contribution is 6.15. The summed E-state index contributed by atoms with van der Waals surface area (Å²) in [5.74, 6) is -0.568. The summed E-state index contributed by atoms with van der Waals surface area (Å²) in [6.45, 7) is 1.89. The van der Waals surface area contributed by atoms with E-state index in [4.69, 9.17) is 4.42 Å². The van der Waals surface area contributed by atoms with Crippen LogP contribution in [-0.2, 0) is 6.42 Å². The Morgan fingerprint density at radius 2 is 1.89 bits per heavy atom. The van der Waals surface area contributed by atoms with Crippen molar-refractivity contribution < 1.29 is 14.3 Å². The highest BCUT2D eigenvalue weighted by atomic mass is 16.4. The molecule has 2 aromatic carbocycles. The first-order valence-corrected chi connectivity index (χ1v) is 8.69. The van der Waals surface area contributed by atoms with Gasteiger partial charge in [-0.05, 0) is 29.2 Å². The van der Waals surface area contributed by atoms with Crippen LogP contribution >= 0.6 is 0 Å². The molecule has 1 N–H and O–H groups in total. The lowest BCUT2D eigenvalue weighted by atomic mass is 9.94. The Labute approximate surface area is 157 Å². The summed E-state index contributed by atoms with van der Waals surface area (Å²) in [6.07, 6.45) is 3.47. The van der Waals surface area contributed by atoms with Crippen molar-refractivity contribution in [2.45, 2.75) is 13.3 Å². The first-order valence-electron chi connectivity index (χ1n) is 8.69. The van der Waals surface area contributed by atoms with Crippen LogP contribution in [0.2, 0.25) is 0 Å². The summed E-state index contributed by atoms with van der Waals surface area (Å²) in [6, 6.07) is 12.6. The third kappa shape index (κ3) is 3.62. The molecule has 0 aliphatic carbocycles. The van der Waals surface area contributed by atoms with E-state index in [-0.39, 0.29) is 16.9 Å². The second kappa shape index (κ2) is 7.50. The number of hydrogen-bond donors (Lipinski definition) is 1. The molecule has 0 unspecified atom stereocenters. The van der Waals surface area contributed by atoms with Gasteiger partial charge in [0.2, 0.25) is 0 Å². The Kier molecular flexibility index (Phi) is 5.12.